The van der Waals surface area contributed by atoms with Crippen molar-refractivity contribution in [3.8, 4) is 11.5 Å². The maximum atomic E-state index is 12.2. The van der Waals surface area contributed by atoms with E-state index >= 15 is 0 Å². The smallest absolute Gasteiger partial charge is 0.226 e. The number of anilines is 2. The van der Waals surface area contributed by atoms with Gasteiger partial charge in [-0.1, -0.05) is 29.3 Å². The molecule has 0 radical (unpaired) electrons. The van der Waals surface area contributed by atoms with Gasteiger partial charge in [-0.3, -0.25) is 4.79 Å². The van der Waals surface area contributed by atoms with E-state index < -0.39 is 0 Å². The van der Waals surface area contributed by atoms with Crippen molar-refractivity contribution in [1.29, 1.82) is 0 Å². The first kappa shape index (κ1) is 18.9. The van der Waals surface area contributed by atoms with Crippen molar-refractivity contribution in [2.75, 3.05) is 31.4 Å². The van der Waals surface area contributed by atoms with Gasteiger partial charge in [0.25, 0.3) is 0 Å². The number of carbonyl (C=O) groups is 1. The molecule has 0 aromatic heterocycles. The van der Waals surface area contributed by atoms with Crippen LogP contribution < -0.4 is 20.1 Å². The van der Waals surface area contributed by atoms with Crippen molar-refractivity contribution in [2.45, 2.75) is 20.3 Å². The highest BCUT2D eigenvalue weighted by molar-refractivity contribution is 6.32. The Kier molecular flexibility index (Phi) is 6.53. The van der Waals surface area contributed by atoms with E-state index in [1.807, 2.05) is 19.1 Å². The minimum Gasteiger partial charge on any atom is -0.495 e. The van der Waals surface area contributed by atoms with Crippen LogP contribution in [0.3, 0.4) is 0 Å². The molecule has 134 valence electrons. The summed E-state index contributed by atoms with van der Waals surface area (Å²) in [6.45, 7) is 4.63. The zero-order valence-electron chi connectivity index (χ0n) is 14.9. The van der Waals surface area contributed by atoms with Crippen molar-refractivity contribution in [1.82, 2.24) is 0 Å². The molecule has 0 saturated carbocycles. The maximum absolute atomic E-state index is 12.2. The van der Waals surface area contributed by atoms with Crippen LogP contribution in [0.15, 0.2) is 30.3 Å². The first-order chi connectivity index (χ1) is 11.9. The van der Waals surface area contributed by atoms with Crippen LogP contribution in [0, 0.1) is 13.8 Å². The number of hydrogen-bond acceptors (Lipinski definition) is 4. The predicted octanol–water partition coefficient (Wildman–Crippen LogP) is 4.41. The lowest BCUT2D eigenvalue weighted by atomic mass is 10.1. The van der Waals surface area contributed by atoms with Gasteiger partial charge in [-0.2, -0.15) is 0 Å². The molecule has 0 atom stereocenters. The number of hydrogen-bond donors (Lipinski definition) is 2. The summed E-state index contributed by atoms with van der Waals surface area (Å²) >= 11 is 6.07. The van der Waals surface area contributed by atoms with Crippen molar-refractivity contribution in [3.63, 3.8) is 0 Å². The van der Waals surface area contributed by atoms with Crippen LogP contribution in [0.5, 0.6) is 11.5 Å². The summed E-state index contributed by atoms with van der Waals surface area (Å²) in [5, 5.41) is 6.53. The molecular formula is C19H23ClN2O3. The second kappa shape index (κ2) is 8.62. The SMILES string of the molecule is COc1cc(NC(=O)CCNc2ccc(C)cc2C)c(OC)cc1Cl. The Labute approximate surface area is 153 Å². The van der Waals surface area contributed by atoms with Crippen molar-refractivity contribution in [3.05, 3.63) is 46.5 Å². The van der Waals surface area contributed by atoms with E-state index in [4.69, 9.17) is 21.1 Å². The van der Waals surface area contributed by atoms with Gasteiger partial charge in [0.05, 0.1) is 24.9 Å². The molecule has 0 aliphatic rings. The fourth-order valence-corrected chi connectivity index (χ4v) is 2.72. The van der Waals surface area contributed by atoms with Gasteiger partial charge in [-0.25, -0.2) is 0 Å². The molecule has 0 spiro atoms. The minimum absolute atomic E-state index is 0.125. The molecule has 0 saturated heterocycles. The molecule has 0 unspecified atom stereocenters. The number of carbonyl (C=O) groups excluding carboxylic acids is 1. The Bertz CT molecular complexity index is 763. The second-order valence-corrected chi connectivity index (χ2v) is 6.14. The van der Waals surface area contributed by atoms with E-state index in [9.17, 15) is 4.79 Å². The van der Waals surface area contributed by atoms with Gasteiger partial charge in [0, 0.05) is 30.8 Å². The highest BCUT2D eigenvalue weighted by atomic mass is 35.5. The number of benzene rings is 2. The standard InChI is InChI=1S/C19H23ClN2O3/c1-12-5-6-15(13(2)9-12)21-8-7-19(23)22-16-11-17(24-3)14(20)10-18(16)25-4/h5-6,9-11,21H,7-8H2,1-4H3,(H,22,23). The fraction of sp³-hybridized carbons (Fsp3) is 0.316. The topological polar surface area (TPSA) is 59.6 Å². The Morgan fingerprint density at radius 3 is 2.40 bits per heavy atom. The average molecular weight is 363 g/mol. The predicted molar refractivity (Wildman–Crippen MR) is 102 cm³/mol. The van der Waals surface area contributed by atoms with Crippen LogP contribution in [0.4, 0.5) is 11.4 Å². The Morgan fingerprint density at radius 2 is 1.76 bits per heavy atom. The highest BCUT2D eigenvalue weighted by Gasteiger charge is 2.12. The summed E-state index contributed by atoms with van der Waals surface area (Å²) in [6, 6.07) is 9.43. The van der Waals surface area contributed by atoms with E-state index in [0.717, 1.165) is 11.3 Å². The van der Waals surface area contributed by atoms with E-state index in [2.05, 4.69) is 23.6 Å². The molecule has 2 N–H and O–H groups in total. The zero-order chi connectivity index (χ0) is 18.4. The summed E-state index contributed by atoms with van der Waals surface area (Å²) in [4.78, 5) is 12.2. The van der Waals surface area contributed by atoms with E-state index in [-0.39, 0.29) is 5.91 Å². The monoisotopic (exact) mass is 362 g/mol. The lowest BCUT2D eigenvalue weighted by Crippen LogP contribution is -2.17. The molecule has 5 nitrogen and oxygen atoms in total. The summed E-state index contributed by atoms with van der Waals surface area (Å²) < 4.78 is 10.4. The quantitative estimate of drug-likeness (QED) is 0.765. The number of nitrogens with one attached hydrogen (secondary N) is 2. The van der Waals surface area contributed by atoms with Crippen molar-refractivity contribution in [2.24, 2.45) is 0 Å². The summed E-state index contributed by atoms with van der Waals surface area (Å²) in [6.07, 6.45) is 0.321. The molecule has 0 fully saturated rings. The lowest BCUT2D eigenvalue weighted by molar-refractivity contribution is -0.116. The molecule has 25 heavy (non-hydrogen) atoms. The van der Waals surface area contributed by atoms with Crippen LogP contribution >= 0.6 is 11.6 Å². The Hall–Kier alpha value is -2.40. The number of methoxy groups -OCH3 is 2. The van der Waals surface area contributed by atoms with Gasteiger partial charge in [0.2, 0.25) is 5.91 Å². The lowest BCUT2D eigenvalue weighted by Gasteiger charge is -2.14. The number of halogens is 1. The molecule has 0 heterocycles. The summed E-state index contributed by atoms with van der Waals surface area (Å²) in [5.41, 5.74) is 3.93. The first-order valence-electron chi connectivity index (χ1n) is 7.97. The van der Waals surface area contributed by atoms with E-state index in [1.54, 1.807) is 12.1 Å². The van der Waals surface area contributed by atoms with Crippen LogP contribution in [-0.4, -0.2) is 26.7 Å². The maximum Gasteiger partial charge on any atom is 0.226 e. The van der Waals surface area contributed by atoms with E-state index in [1.165, 1.54) is 19.8 Å². The molecular weight excluding hydrogens is 340 g/mol. The largest absolute Gasteiger partial charge is 0.495 e. The van der Waals surface area contributed by atoms with Crippen LogP contribution in [-0.2, 0) is 4.79 Å². The van der Waals surface area contributed by atoms with Gasteiger partial charge in [-0.05, 0) is 25.5 Å². The minimum atomic E-state index is -0.125. The highest BCUT2D eigenvalue weighted by Crippen LogP contribution is 2.35. The zero-order valence-corrected chi connectivity index (χ0v) is 15.7. The van der Waals surface area contributed by atoms with Gasteiger partial charge in [-0.15, -0.1) is 0 Å². The summed E-state index contributed by atoms with van der Waals surface area (Å²) in [7, 11) is 3.04. The average Bonchev–Trinajstić information content (AvgIpc) is 2.58. The van der Waals surface area contributed by atoms with Gasteiger partial charge in [0.15, 0.2) is 0 Å². The normalized spacial score (nSPS) is 10.3. The molecule has 6 heteroatoms. The van der Waals surface area contributed by atoms with Crippen LogP contribution in [0.2, 0.25) is 5.02 Å². The molecule has 0 aliphatic carbocycles. The summed E-state index contributed by atoms with van der Waals surface area (Å²) in [5.74, 6) is 0.840. The Balaban J connectivity index is 1.96. The fourth-order valence-electron chi connectivity index (χ4n) is 2.49. The number of ether oxygens (including phenoxy) is 2. The number of aryl methyl sites for hydroxylation is 2. The van der Waals surface area contributed by atoms with Gasteiger partial charge < -0.3 is 20.1 Å². The first-order valence-corrected chi connectivity index (χ1v) is 8.35. The third-order valence-electron chi connectivity index (χ3n) is 3.80. The molecule has 2 aromatic carbocycles. The van der Waals surface area contributed by atoms with Crippen LogP contribution in [0.1, 0.15) is 17.5 Å². The van der Waals surface area contributed by atoms with Gasteiger partial charge >= 0.3 is 0 Å². The second-order valence-electron chi connectivity index (χ2n) is 5.73. The Morgan fingerprint density at radius 1 is 1.04 bits per heavy atom. The molecule has 0 bridgehead atoms. The molecule has 2 aromatic rings. The van der Waals surface area contributed by atoms with E-state index in [0.29, 0.717) is 35.2 Å². The third kappa shape index (κ3) is 5.03. The van der Waals surface area contributed by atoms with Gasteiger partial charge in [0.1, 0.15) is 11.5 Å². The molecule has 0 aliphatic heterocycles. The molecule has 1 amide bonds. The third-order valence-corrected chi connectivity index (χ3v) is 4.09. The van der Waals surface area contributed by atoms with Crippen LogP contribution in [0.25, 0.3) is 0 Å². The van der Waals surface area contributed by atoms with Crippen molar-refractivity contribution >= 4 is 28.9 Å². The number of amides is 1. The van der Waals surface area contributed by atoms with Crippen molar-refractivity contribution < 1.29 is 14.3 Å². The number of rotatable bonds is 7. The molecule has 2 rings (SSSR count).